The molecule has 0 amide bonds. The maximum absolute atomic E-state index is 13.9. The fourth-order valence-electron chi connectivity index (χ4n) is 2.74. The molecule has 1 aliphatic rings. The molecule has 3 heteroatoms. The summed E-state index contributed by atoms with van der Waals surface area (Å²) in [5.74, 6) is -0.386. The van der Waals surface area contributed by atoms with E-state index in [0.717, 1.165) is 6.42 Å². The number of nitrogens with one attached hydrogen (secondary N) is 1. The molecule has 0 bridgehead atoms. The van der Waals surface area contributed by atoms with Crippen molar-refractivity contribution in [2.75, 3.05) is 0 Å². The average Bonchev–Trinajstić information content (AvgIpc) is 2.67. The molecule has 18 heavy (non-hydrogen) atoms. The molecule has 2 rings (SSSR count). The molecular formula is C15H19FN2. The van der Waals surface area contributed by atoms with Gasteiger partial charge in [0.15, 0.2) is 0 Å². The van der Waals surface area contributed by atoms with Crippen molar-refractivity contribution in [1.29, 1.82) is 5.26 Å². The second kappa shape index (κ2) is 5.07. The summed E-state index contributed by atoms with van der Waals surface area (Å²) in [6, 6.07) is 7.30. The van der Waals surface area contributed by atoms with Gasteiger partial charge in [0.2, 0.25) is 0 Å². The average molecular weight is 246 g/mol. The van der Waals surface area contributed by atoms with Crippen molar-refractivity contribution in [3.8, 4) is 6.07 Å². The van der Waals surface area contributed by atoms with Gasteiger partial charge in [0, 0.05) is 18.2 Å². The van der Waals surface area contributed by atoms with Gasteiger partial charge in [-0.25, -0.2) is 4.39 Å². The van der Waals surface area contributed by atoms with E-state index in [0.29, 0.717) is 18.2 Å². The highest BCUT2D eigenvalue weighted by molar-refractivity contribution is 5.34. The highest BCUT2D eigenvalue weighted by Gasteiger charge is 2.33. The number of hydrogen-bond donors (Lipinski definition) is 1. The summed E-state index contributed by atoms with van der Waals surface area (Å²) in [7, 11) is 0. The first-order chi connectivity index (χ1) is 8.54. The molecule has 0 saturated heterocycles. The lowest BCUT2D eigenvalue weighted by Gasteiger charge is -2.28. The van der Waals surface area contributed by atoms with Gasteiger partial charge in [-0.15, -0.1) is 0 Å². The Balaban J connectivity index is 2.05. The van der Waals surface area contributed by atoms with Gasteiger partial charge in [0.1, 0.15) is 11.9 Å². The molecule has 0 heterocycles. The third-order valence-corrected chi connectivity index (χ3v) is 4.00. The van der Waals surface area contributed by atoms with Crippen molar-refractivity contribution < 1.29 is 4.39 Å². The van der Waals surface area contributed by atoms with E-state index in [-0.39, 0.29) is 16.8 Å². The highest BCUT2D eigenvalue weighted by Crippen LogP contribution is 2.37. The minimum Gasteiger partial charge on any atom is -0.309 e. The van der Waals surface area contributed by atoms with E-state index in [1.807, 2.05) is 6.07 Å². The summed E-state index contributed by atoms with van der Waals surface area (Å²) in [6.07, 6.45) is 3.59. The summed E-state index contributed by atoms with van der Waals surface area (Å²) >= 11 is 0. The smallest absolute Gasteiger partial charge is 0.145 e. The molecule has 1 saturated carbocycles. The first kappa shape index (κ1) is 13.0. The third-order valence-electron chi connectivity index (χ3n) is 4.00. The zero-order valence-electron chi connectivity index (χ0n) is 11.0. The van der Waals surface area contributed by atoms with Crippen molar-refractivity contribution in [2.24, 2.45) is 5.41 Å². The Labute approximate surface area is 108 Å². The molecule has 1 fully saturated rings. The summed E-state index contributed by atoms with van der Waals surface area (Å²) in [4.78, 5) is 0. The summed E-state index contributed by atoms with van der Waals surface area (Å²) in [6.45, 7) is 4.99. The molecular weight excluding hydrogens is 227 g/mol. The molecule has 2 nitrogen and oxygen atoms in total. The molecule has 1 atom stereocenters. The zero-order valence-corrected chi connectivity index (χ0v) is 11.0. The van der Waals surface area contributed by atoms with Gasteiger partial charge in [0.25, 0.3) is 0 Å². The topological polar surface area (TPSA) is 35.8 Å². The predicted molar refractivity (Wildman–Crippen MR) is 69.4 cm³/mol. The Hall–Kier alpha value is -1.40. The molecule has 1 N–H and O–H groups in total. The highest BCUT2D eigenvalue weighted by atomic mass is 19.1. The second-order valence-corrected chi connectivity index (χ2v) is 5.70. The third kappa shape index (κ3) is 2.54. The van der Waals surface area contributed by atoms with Gasteiger partial charge >= 0.3 is 0 Å². The maximum atomic E-state index is 13.9. The molecule has 1 aromatic rings. The number of halogens is 1. The molecule has 0 aliphatic heterocycles. The molecule has 96 valence electrons. The molecule has 0 aromatic heterocycles. The van der Waals surface area contributed by atoms with Crippen molar-refractivity contribution in [2.45, 2.75) is 45.7 Å². The van der Waals surface area contributed by atoms with E-state index >= 15 is 0 Å². The molecule has 1 unspecified atom stereocenters. The quantitative estimate of drug-likeness (QED) is 0.887. The molecule has 0 radical (unpaired) electrons. The van der Waals surface area contributed by atoms with Crippen LogP contribution in [0.1, 0.15) is 44.2 Å². The summed E-state index contributed by atoms with van der Waals surface area (Å²) in [5, 5.41) is 12.2. The Bertz CT molecular complexity index is 474. The second-order valence-electron chi connectivity index (χ2n) is 5.70. The molecule has 0 spiro atoms. The van der Waals surface area contributed by atoms with Gasteiger partial charge in [-0.1, -0.05) is 32.4 Å². The van der Waals surface area contributed by atoms with Crippen LogP contribution in [0.2, 0.25) is 0 Å². The van der Waals surface area contributed by atoms with Crippen LogP contribution in [0, 0.1) is 22.6 Å². The summed E-state index contributed by atoms with van der Waals surface area (Å²) < 4.78 is 13.9. The molecule has 1 aromatic carbocycles. The van der Waals surface area contributed by atoms with Crippen LogP contribution >= 0.6 is 0 Å². The number of rotatable bonds is 3. The van der Waals surface area contributed by atoms with Crippen LogP contribution in [0.4, 0.5) is 4.39 Å². The fourth-order valence-corrected chi connectivity index (χ4v) is 2.74. The van der Waals surface area contributed by atoms with Gasteiger partial charge in [-0.3, -0.25) is 0 Å². The van der Waals surface area contributed by atoms with Crippen molar-refractivity contribution in [1.82, 2.24) is 5.32 Å². The van der Waals surface area contributed by atoms with Crippen molar-refractivity contribution >= 4 is 0 Å². The fraction of sp³-hybridized carbons (Fsp3) is 0.533. The Morgan fingerprint density at radius 1 is 1.50 bits per heavy atom. The Kier molecular flexibility index (Phi) is 3.68. The lowest BCUT2D eigenvalue weighted by molar-refractivity contribution is 0.281. The Morgan fingerprint density at radius 3 is 2.89 bits per heavy atom. The van der Waals surface area contributed by atoms with Gasteiger partial charge < -0.3 is 5.32 Å². The molecule has 1 aliphatic carbocycles. The van der Waals surface area contributed by atoms with Gasteiger partial charge in [0.05, 0.1) is 5.56 Å². The number of nitrogens with zero attached hydrogens (tertiary/aromatic N) is 1. The van der Waals surface area contributed by atoms with E-state index in [9.17, 15) is 4.39 Å². The van der Waals surface area contributed by atoms with E-state index in [1.165, 1.54) is 18.9 Å². The van der Waals surface area contributed by atoms with Crippen LogP contribution < -0.4 is 5.32 Å². The van der Waals surface area contributed by atoms with E-state index in [2.05, 4.69) is 19.2 Å². The lowest BCUT2D eigenvalue weighted by atomic mass is 9.87. The largest absolute Gasteiger partial charge is 0.309 e. The van der Waals surface area contributed by atoms with Crippen LogP contribution in [0.15, 0.2) is 18.2 Å². The summed E-state index contributed by atoms with van der Waals surface area (Å²) in [5.41, 5.74) is 0.986. The first-order valence-corrected chi connectivity index (χ1v) is 6.45. The first-order valence-electron chi connectivity index (χ1n) is 6.45. The van der Waals surface area contributed by atoms with E-state index < -0.39 is 0 Å². The standard InChI is InChI=1S/C15H19FN2/c1-15(2)8-4-7-13(15)18-10-12-6-3-5-11(9-17)14(12)16/h3,5-6,13,18H,4,7-8,10H2,1-2H3. The van der Waals surface area contributed by atoms with Crippen LogP contribution in [0.25, 0.3) is 0 Å². The van der Waals surface area contributed by atoms with Crippen LogP contribution in [0.5, 0.6) is 0 Å². The van der Waals surface area contributed by atoms with E-state index in [4.69, 9.17) is 5.26 Å². The van der Waals surface area contributed by atoms with Gasteiger partial charge in [-0.05, 0) is 24.3 Å². The minimum absolute atomic E-state index is 0.125. The number of nitriles is 1. The van der Waals surface area contributed by atoms with Gasteiger partial charge in [-0.2, -0.15) is 5.26 Å². The number of benzene rings is 1. The van der Waals surface area contributed by atoms with Crippen LogP contribution in [0.3, 0.4) is 0 Å². The SMILES string of the molecule is CC1(C)CCCC1NCc1cccc(C#N)c1F. The monoisotopic (exact) mass is 246 g/mol. The van der Waals surface area contributed by atoms with Crippen molar-refractivity contribution in [3.05, 3.63) is 35.1 Å². The Morgan fingerprint density at radius 2 is 2.28 bits per heavy atom. The van der Waals surface area contributed by atoms with Crippen LogP contribution in [-0.4, -0.2) is 6.04 Å². The number of hydrogen-bond acceptors (Lipinski definition) is 2. The van der Waals surface area contributed by atoms with Crippen molar-refractivity contribution in [3.63, 3.8) is 0 Å². The van der Waals surface area contributed by atoms with Crippen LogP contribution in [-0.2, 0) is 6.54 Å². The lowest BCUT2D eigenvalue weighted by Crippen LogP contribution is -2.37. The van der Waals surface area contributed by atoms with E-state index in [1.54, 1.807) is 12.1 Å². The normalized spacial score (nSPS) is 21.8. The predicted octanol–water partition coefficient (Wildman–Crippen LogP) is 3.37. The maximum Gasteiger partial charge on any atom is 0.145 e. The minimum atomic E-state index is -0.386. The zero-order chi connectivity index (χ0) is 13.2.